The van der Waals surface area contributed by atoms with E-state index in [1.807, 2.05) is 9.58 Å². The third-order valence-electron chi connectivity index (χ3n) is 5.99. The van der Waals surface area contributed by atoms with Gasteiger partial charge in [0.15, 0.2) is 11.0 Å². The average molecular weight is 488 g/mol. The highest BCUT2D eigenvalue weighted by molar-refractivity contribution is 7.22. The van der Waals surface area contributed by atoms with Crippen molar-refractivity contribution in [3.8, 4) is 0 Å². The van der Waals surface area contributed by atoms with E-state index in [0.717, 1.165) is 36.9 Å². The molecule has 4 heterocycles. The number of anilines is 2. The van der Waals surface area contributed by atoms with Crippen LogP contribution in [-0.2, 0) is 13.0 Å². The molecule has 33 heavy (non-hydrogen) atoms. The lowest BCUT2D eigenvalue weighted by Crippen LogP contribution is -2.58. The van der Waals surface area contributed by atoms with Gasteiger partial charge in [0.2, 0.25) is 0 Å². The fraction of sp³-hybridized carbons (Fsp3) is 0.429. The van der Waals surface area contributed by atoms with Gasteiger partial charge in [0.05, 0.1) is 22.4 Å². The third kappa shape index (κ3) is 4.43. The van der Waals surface area contributed by atoms with Crippen molar-refractivity contribution in [3.05, 3.63) is 46.2 Å². The predicted octanol–water partition coefficient (Wildman–Crippen LogP) is 2.87. The Kier molecular flexibility index (Phi) is 6.23. The summed E-state index contributed by atoms with van der Waals surface area (Å²) in [5.74, 6) is 0.522. The standard InChI is InChI=1S/C21H26FN9S2/c1-2-17(20-26-27-28-31(20)6-5-14-4-3-9-32-14)29-7-8-30(18(24)12-29)21-25-16-11-13(23)10-15(22)19(16)33-21/h3-4,9-11,17-18H,2,5-8,12,23-24H2,1H3. The molecule has 4 N–H and O–H groups in total. The molecular weight excluding hydrogens is 461 g/mol. The quantitative estimate of drug-likeness (QED) is 0.383. The second-order valence-corrected chi connectivity index (χ2v) is 10.1. The van der Waals surface area contributed by atoms with Gasteiger partial charge in [-0.1, -0.05) is 24.3 Å². The molecule has 3 aromatic heterocycles. The number of halogens is 1. The van der Waals surface area contributed by atoms with Crippen molar-refractivity contribution in [2.24, 2.45) is 5.73 Å². The first-order valence-electron chi connectivity index (χ1n) is 10.9. The van der Waals surface area contributed by atoms with E-state index < -0.39 is 0 Å². The Balaban J connectivity index is 1.30. The minimum absolute atomic E-state index is 0.0733. The highest BCUT2D eigenvalue weighted by Gasteiger charge is 2.33. The molecule has 1 fully saturated rings. The third-order valence-corrected chi connectivity index (χ3v) is 8.04. The van der Waals surface area contributed by atoms with Crippen molar-refractivity contribution in [2.45, 2.75) is 38.5 Å². The lowest BCUT2D eigenvalue weighted by atomic mass is 10.1. The average Bonchev–Trinajstić information content (AvgIpc) is 3.54. The molecule has 12 heteroatoms. The van der Waals surface area contributed by atoms with Gasteiger partial charge in [0.1, 0.15) is 5.82 Å². The molecular formula is C21H26FN9S2. The molecule has 0 radical (unpaired) electrons. The van der Waals surface area contributed by atoms with Crippen LogP contribution >= 0.6 is 22.7 Å². The van der Waals surface area contributed by atoms with E-state index in [-0.39, 0.29) is 18.0 Å². The number of nitrogens with two attached hydrogens (primary N) is 2. The molecule has 5 rings (SSSR count). The van der Waals surface area contributed by atoms with E-state index in [1.165, 1.54) is 22.3 Å². The Hall–Kier alpha value is -2.67. The van der Waals surface area contributed by atoms with Gasteiger partial charge in [0, 0.05) is 43.2 Å². The van der Waals surface area contributed by atoms with Crippen LogP contribution in [0.5, 0.6) is 0 Å². The maximum atomic E-state index is 14.3. The zero-order valence-corrected chi connectivity index (χ0v) is 19.9. The number of aromatic nitrogens is 5. The smallest absolute Gasteiger partial charge is 0.187 e. The summed E-state index contributed by atoms with van der Waals surface area (Å²) in [6.45, 7) is 4.99. The zero-order valence-electron chi connectivity index (χ0n) is 18.3. The highest BCUT2D eigenvalue weighted by atomic mass is 32.1. The van der Waals surface area contributed by atoms with Gasteiger partial charge in [-0.2, -0.15) is 0 Å². The molecule has 0 saturated carbocycles. The number of piperazine rings is 1. The number of thiazole rings is 1. The van der Waals surface area contributed by atoms with Crippen molar-refractivity contribution in [3.63, 3.8) is 0 Å². The molecule has 4 aromatic rings. The van der Waals surface area contributed by atoms with Crippen molar-refractivity contribution in [2.75, 3.05) is 30.3 Å². The number of rotatable bonds is 7. The molecule has 0 amide bonds. The summed E-state index contributed by atoms with van der Waals surface area (Å²) in [4.78, 5) is 10.3. The van der Waals surface area contributed by atoms with Gasteiger partial charge in [-0.05, 0) is 40.4 Å². The number of benzene rings is 1. The summed E-state index contributed by atoms with van der Waals surface area (Å²) in [5.41, 5.74) is 13.3. The Morgan fingerprint density at radius 3 is 2.94 bits per heavy atom. The second kappa shape index (κ2) is 9.29. The van der Waals surface area contributed by atoms with Gasteiger partial charge in [-0.3, -0.25) is 4.90 Å². The molecule has 1 saturated heterocycles. The van der Waals surface area contributed by atoms with Crippen LogP contribution in [0.25, 0.3) is 10.2 Å². The number of nitrogens with zero attached hydrogens (tertiary/aromatic N) is 7. The van der Waals surface area contributed by atoms with Crippen LogP contribution in [-0.4, -0.2) is 55.9 Å². The Morgan fingerprint density at radius 1 is 1.30 bits per heavy atom. The van der Waals surface area contributed by atoms with Crippen LogP contribution in [0.3, 0.4) is 0 Å². The molecule has 1 aliphatic rings. The molecule has 0 spiro atoms. The van der Waals surface area contributed by atoms with Gasteiger partial charge < -0.3 is 16.4 Å². The lowest BCUT2D eigenvalue weighted by Gasteiger charge is -2.42. The van der Waals surface area contributed by atoms with E-state index in [2.05, 4.69) is 49.8 Å². The van der Waals surface area contributed by atoms with Crippen LogP contribution in [0, 0.1) is 5.82 Å². The molecule has 9 nitrogen and oxygen atoms in total. The minimum atomic E-state index is -0.346. The summed E-state index contributed by atoms with van der Waals surface area (Å²) < 4.78 is 16.7. The van der Waals surface area contributed by atoms with Crippen molar-refractivity contribution in [1.82, 2.24) is 30.1 Å². The largest absolute Gasteiger partial charge is 0.399 e. The Bertz CT molecular complexity index is 1220. The lowest BCUT2D eigenvalue weighted by molar-refractivity contribution is 0.147. The molecule has 0 aliphatic carbocycles. The Labute approximate surface area is 198 Å². The highest BCUT2D eigenvalue weighted by Crippen LogP contribution is 2.34. The van der Waals surface area contributed by atoms with Gasteiger partial charge in [0.25, 0.3) is 0 Å². The normalized spacial score (nSPS) is 18.3. The van der Waals surface area contributed by atoms with Gasteiger partial charge >= 0.3 is 0 Å². The maximum absolute atomic E-state index is 14.3. The summed E-state index contributed by atoms with van der Waals surface area (Å²) in [6, 6.07) is 7.29. The fourth-order valence-electron chi connectivity index (χ4n) is 4.36. The molecule has 1 aliphatic heterocycles. The monoisotopic (exact) mass is 487 g/mol. The van der Waals surface area contributed by atoms with Crippen LogP contribution in [0.15, 0.2) is 29.6 Å². The SMILES string of the molecule is CCC(c1nnnn1CCc1cccs1)N1CCN(c2nc3cc(N)cc(F)c3s2)C(N)C1. The van der Waals surface area contributed by atoms with Crippen LogP contribution in [0.1, 0.15) is 30.1 Å². The van der Waals surface area contributed by atoms with Crippen molar-refractivity contribution < 1.29 is 4.39 Å². The van der Waals surface area contributed by atoms with Crippen LogP contribution in [0.4, 0.5) is 15.2 Å². The molecule has 2 atom stereocenters. The first-order valence-corrected chi connectivity index (χ1v) is 12.6. The molecule has 1 aromatic carbocycles. The van der Waals surface area contributed by atoms with Crippen molar-refractivity contribution in [1.29, 1.82) is 0 Å². The Morgan fingerprint density at radius 2 is 2.18 bits per heavy atom. The fourth-order valence-corrected chi connectivity index (χ4v) is 6.09. The van der Waals surface area contributed by atoms with E-state index in [9.17, 15) is 4.39 Å². The number of aryl methyl sites for hydroxylation is 2. The number of thiophene rings is 1. The summed E-state index contributed by atoms with van der Waals surface area (Å²) >= 11 is 3.06. The van der Waals surface area contributed by atoms with E-state index in [0.29, 0.717) is 29.0 Å². The number of nitrogen functional groups attached to an aromatic ring is 1. The molecule has 2 unspecified atom stereocenters. The van der Waals surface area contributed by atoms with Crippen LogP contribution < -0.4 is 16.4 Å². The summed E-state index contributed by atoms with van der Waals surface area (Å²) in [6.07, 6.45) is 1.50. The van der Waals surface area contributed by atoms with Gasteiger partial charge in [-0.25, -0.2) is 14.1 Å². The minimum Gasteiger partial charge on any atom is -0.399 e. The predicted molar refractivity (Wildman–Crippen MR) is 130 cm³/mol. The number of fused-ring (bicyclic) bond motifs is 1. The van der Waals surface area contributed by atoms with Crippen molar-refractivity contribution >= 4 is 43.7 Å². The van der Waals surface area contributed by atoms with E-state index in [1.54, 1.807) is 17.4 Å². The van der Waals surface area contributed by atoms with Crippen LogP contribution in [0.2, 0.25) is 0 Å². The topological polar surface area (TPSA) is 115 Å². The number of tetrazole rings is 1. The van der Waals surface area contributed by atoms with E-state index in [4.69, 9.17) is 11.5 Å². The summed E-state index contributed by atoms with van der Waals surface area (Å²) in [7, 11) is 0. The molecule has 174 valence electrons. The summed E-state index contributed by atoms with van der Waals surface area (Å²) in [5, 5.41) is 15.3. The zero-order chi connectivity index (χ0) is 22.9. The van der Waals surface area contributed by atoms with Gasteiger partial charge in [-0.15, -0.1) is 16.4 Å². The van der Waals surface area contributed by atoms with E-state index >= 15 is 0 Å². The first-order chi connectivity index (χ1) is 16.0. The second-order valence-electron chi connectivity index (χ2n) is 8.12. The number of hydrogen-bond acceptors (Lipinski definition) is 10. The number of hydrogen-bond donors (Lipinski definition) is 2. The first kappa shape index (κ1) is 22.1. The maximum Gasteiger partial charge on any atom is 0.187 e. The molecule has 0 bridgehead atoms.